The Bertz CT molecular complexity index is 772. The molecule has 1 aliphatic carbocycles. The van der Waals surface area contributed by atoms with Crippen molar-refractivity contribution in [2.45, 2.75) is 45.4 Å². The SMILES string of the molecule is CCc1cc(=O)oc2nc(OCC3CCCCC3)[nH]c(=O)c12. The quantitative estimate of drug-likeness (QED) is 0.937. The molecule has 0 amide bonds. The van der Waals surface area contributed by atoms with E-state index in [1.165, 1.54) is 25.3 Å². The van der Waals surface area contributed by atoms with Crippen molar-refractivity contribution in [1.82, 2.24) is 9.97 Å². The number of rotatable bonds is 4. The normalized spacial score (nSPS) is 16.0. The number of hydrogen-bond donors (Lipinski definition) is 1. The van der Waals surface area contributed by atoms with Gasteiger partial charge in [-0.3, -0.25) is 9.78 Å². The molecule has 0 bridgehead atoms. The number of nitrogens with zero attached hydrogens (tertiary/aromatic N) is 1. The van der Waals surface area contributed by atoms with Gasteiger partial charge in [0.15, 0.2) is 0 Å². The highest BCUT2D eigenvalue weighted by atomic mass is 16.5. The molecule has 1 saturated carbocycles. The maximum atomic E-state index is 12.2. The summed E-state index contributed by atoms with van der Waals surface area (Å²) in [5.74, 6) is 0.503. The van der Waals surface area contributed by atoms with Gasteiger partial charge in [-0.05, 0) is 30.7 Å². The lowest BCUT2D eigenvalue weighted by atomic mass is 9.90. The van der Waals surface area contributed by atoms with Crippen molar-refractivity contribution in [1.29, 1.82) is 0 Å². The molecule has 0 saturated heterocycles. The molecule has 0 radical (unpaired) electrons. The van der Waals surface area contributed by atoms with Gasteiger partial charge in [-0.1, -0.05) is 26.2 Å². The molecule has 2 aromatic rings. The predicted molar refractivity (Wildman–Crippen MR) is 82.3 cm³/mol. The molecular formula is C16H20N2O4. The number of ether oxygens (including phenoxy) is 1. The number of aryl methyl sites for hydroxylation is 1. The first-order valence-electron chi connectivity index (χ1n) is 7.87. The summed E-state index contributed by atoms with van der Waals surface area (Å²) in [5.41, 5.74) is -0.143. The highest BCUT2D eigenvalue weighted by molar-refractivity contribution is 5.75. The van der Waals surface area contributed by atoms with Gasteiger partial charge in [-0.2, -0.15) is 4.98 Å². The van der Waals surface area contributed by atoms with Gasteiger partial charge in [0.2, 0.25) is 5.71 Å². The summed E-state index contributed by atoms with van der Waals surface area (Å²) in [6.45, 7) is 2.41. The van der Waals surface area contributed by atoms with Gasteiger partial charge in [-0.25, -0.2) is 4.79 Å². The van der Waals surface area contributed by atoms with Crippen molar-refractivity contribution in [3.63, 3.8) is 0 Å². The minimum Gasteiger partial charge on any atom is -0.464 e. The van der Waals surface area contributed by atoms with Crippen molar-refractivity contribution < 1.29 is 9.15 Å². The van der Waals surface area contributed by atoms with E-state index >= 15 is 0 Å². The topological polar surface area (TPSA) is 85.2 Å². The summed E-state index contributed by atoms with van der Waals surface area (Å²) in [6.07, 6.45) is 6.59. The third-order valence-electron chi connectivity index (χ3n) is 4.24. The zero-order valence-electron chi connectivity index (χ0n) is 12.7. The van der Waals surface area contributed by atoms with E-state index < -0.39 is 5.63 Å². The van der Waals surface area contributed by atoms with Crippen LogP contribution < -0.4 is 15.9 Å². The Balaban J connectivity index is 1.88. The van der Waals surface area contributed by atoms with Crippen molar-refractivity contribution in [2.75, 3.05) is 6.61 Å². The molecular weight excluding hydrogens is 284 g/mol. The number of fused-ring (bicyclic) bond motifs is 1. The van der Waals surface area contributed by atoms with Crippen LogP contribution in [0, 0.1) is 5.92 Å². The Kier molecular flexibility index (Phi) is 4.27. The van der Waals surface area contributed by atoms with Gasteiger partial charge in [-0.15, -0.1) is 0 Å². The van der Waals surface area contributed by atoms with Crippen LogP contribution in [0.25, 0.3) is 11.1 Å². The highest BCUT2D eigenvalue weighted by Crippen LogP contribution is 2.24. The Morgan fingerprint density at radius 1 is 1.32 bits per heavy atom. The maximum absolute atomic E-state index is 12.2. The van der Waals surface area contributed by atoms with Gasteiger partial charge in [0.1, 0.15) is 5.39 Å². The van der Waals surface area contributed by atoms with Crippen LogP contribution in [0.2, 0.25) is 0 Å². The average molecular weight is 304 g/mol. The molecule has 6 nitrogen and oxygen atoms in total. The monoisotopic (exact) mass is 304 g/mol. The third kappa shape index (κ3) is 3.05. The van der Waals surface area contributed by atoms with Crippen LogP contribution in [-0.4, -0.2) is 16.6 Å². The Hall–Kier alpha value is -2.11. The summed E-state index contributed by atoms with van der Waals surface area (Å²) in [5, 5.41) is 0.326. The van der Waals surface area contributed by atoms with E-state index in [2.05, 4.69) is 9.97 Å². The molecule has 0 spiro atoms. The van der Waals surface area contributed by atoms with E-state index in [0.29, 0.717) is 29.9 Å². The first-order chi connectivity index (χ1) is 10.7. The van der Waals surface area contributed by atoms with Gasteiger partial charge in [0.05, 0.1) is 6.61 Å². The molecule has 118 valence electrons. The van der Waals surface area contributed by atoms with Gasteiger partial charge in [0, 0.05) is 6.07 Å². The first-order valence-corrected chi connectivity index (χ1v) is 7.87. The van der Waals surface area contributed by atoms with Crippen molar-refractivity contribution in [3.05, 3.63) is 32.4 Å². The Labute approximate surface area is 127 Å². The van der Waals surface area contributed by atoms with Crippen LogP contribution >= 0.6 is 0 Å². The lowest BCUT2D eigenvalue weighted by Crippen LogP contribution is -2.19. The fourth-order valence-electron chi connectivity index (χ4n) is 3.03. The van der Waals surface area contributed by atoms with Gasteiger partial charge < -0.3 is 9.15 Å². The predicted octanol–water partition coefficient (Wildman–Crippen LogP) is 2.40. The summed E-state index contributed by atoms with van der Waals surface area (Å²) < 4.78 is 10.7. The summed E-state index contributed by atoms with van der Waals surface area (Å²) in [6, 6.07) is 1.46. The minimum absolute atomic E-state index is 0.0479. The largest absolute Gasteiger partial charge is 0.464 e. The second-order valence-electron chi connectivity index (χ2n) is 5.81. The molecule has 6 heteroatoms. The highest BCUT2D eigenvalue weighted by Gasteiger charge is 2.16. The molecule has 1 aliphatic rings. The Morgan fingerprint density at radius 2 is 2.09 bits per heavy atom. The van der Waals surface area contributed by atoms with Crippen LogP contribution in [0.3, 0.4) is 0 Å². The van der Waals surface area contributed by atoms with Crippen LogP contribution in [0.1, 0.15) is 44.6 Å². The van der Waals surface area contributed by atoms with E-state index in [1.807, 2.05) is 6.92 Å². The van der Waals surface area contributed by atoms with Crippen LogP contribution in [0.15, 0.2) is 20.1 Å². The molecule has 2 heterocycles. The minimum atomic E-state index is -0.499. The van der Waals surface area contributed by atoms with Crippen LogP contribution in [0.4, 0.5) is 0 Å². The number of H-pyrrole nitrogens is 1. The molecule has 0 unspecified atom stereocenters. The Morgan fingerprint density at radius 3 is 2.82 bits per heavy atom. The number of aromatic amines is 1. The van der Waals surface area contributed by atoms with Gasteiger partial charge >= 0.3 is 5.63 Å². The second-order valence-corrected chi connectivity index (χ2v) is 5.81. The van der Waals surface area contributed by atoms with E-state index in [1.54, 1.807) is 0 Å². The van der Waals surface area contributed by atoms with E-state index in [9.17, 15) is 9.59 Å². The molecule has 2 aromatic heterocycles. The first kappa shape index (κ1) is 14.8. The fraction of sp³-hybridized carbons (Fsp3) is 0.562. The fourth-order valence-corrected chi connectivity index (χ4v) is 3.03. The van der Waals surface area contributed by atoms with Gasteiger partial charge in [0.25, 0.3) is 11.6 Å². The molecule has 0 aliphatic heterocycles. The lowest BCUT2D eigenvalue weighted by molar-refractivity contribution is 0.196. The molecule has 0 atom stereocenters. The van der Waals surface area contributed by atoms with E-state index in [0.717, 1.165) is 12.8 Å². The van der Waals surface area contributed by atoms with E-state index in [4.69, 9.17) is 9.15 Å². The molecule has 3 rings (SSSR count). The summed E-state index contributed by atoms with van der Waals surface area (Å²) >= 11 is 0. The van der Waals surface area contributed by atoms with E-state index in [-0.39, 0.29) is 17.3 Å². The van der Waals surface area contributed by atoms with Crippen molar-refractivity contribution in [2.24, 2.45) is 5.92 Å². The summed E-state index contributed by atoms with van der Waals surface area (Å²) in [4.78, 5) is 30.5. The molecule has 22 heavy (non-hydrogen) atoms. The number of aromatic nitrogens is 2. The smallest absolute Gasteiger partial charge is 0.337 e. The molecule has 0 aromatic carbocycles. The lowest BCUT2D eigenvalue weighted by Gasteiger charge is -2.21. The van der Waals surface area contributed by atoms with Crippen LogP contribution in [0.5, 0.6) is 6.01 Å². The zero-order valence-corrected chi connectivity index (χ0v) is 12.7. The third-order valence-corrected chi connectivity index (χ3v) is 4.24. The van der Waals surface area contributed by atoms with Crippen molar-refractivity contribution >= 4 is 11.1 Å². The maximum Gasteiger partial charge on any atom is 0.337 e. The number of nitrogens with one attached hydrogen (secondary N) is 1. The second kappa shape index (κ2) is 6.34. The number of hydrogen-bond acceptors (Lipinski definition) is 5. The standard InChI is InChI=1S/C16H20N2O4/c1-2-11-8-12(19)22-15-13(11)14(20)17-16(18-15)21-9-10-6-4-3-5-7-10/h8,10H,2-7,9H2,1H3,(H,17,18,20). The zero-order chi connectivity index (χ0) is 15.5. The molecule has 1 fully saturated rings. The van der Waals surface area contributed by atoms with Crippen molar-refractivity contribution in [3.8, 4) is 6.01 Å². The summed E-state index contributed by atoms with van der Waals surface area (Å²) in [7, 11) is 0. The van der Waals surface area contributed by atoms with Crippen LogP contribution in [-0.2, 0) is 6.42 Å². The molecule has 1 N–H and O–H groups in total. The average Bonchev–Trinajstić information content (AvgIpc) is 2.52.